The first-order valence-corrected chi connectivity index (χ1v) is 8.54. The summed E-state index contributed by atoms with van der Waals surface area (Å²) in [6.45, 7) is 0. The van der Waals surface area contributed by atoms with E-state index in [2.05, 4.69) is 15.6 Å². The third-order valence-corrected chi connectivity index (χ3v) is 4.35. The van der Waals surface area contributed by atoms with Gasteiger partial charge in [0.15, 0.2) is 5.13 Å². The first kappa shape index (κ1) is 18.2. The molecule has 134 valence electrons. The summed E-state index contributed by atoms with van der Waals surface area (Å²) >= 11 is 6.99. The number of carbonyl (C=O) groups is 1. The number of carbonyl (C=O) groups excluding carboxylic acids is 1. The molecule has 0 saturated carbocycles. The highest BCUT2D eigenvalue weighted by molar-refractivity contribution is 7.14. The van der Waals surface area contributed by atoms with E-state index in [-0.39, 0.29) is 10.8 Å². The van der Waals surface area contributed by atoms with E-state index in [4.69, 9.17) is 11.6 Å². The van der Waals surface area contributed by atoms with Crippen LogP contribution < -0.4 is 10.6 Å². The highest BCUT2D eigenvalue weighted by atomic mass is 35.5. The van der Waals surface area contributed by atoms with Crippen LogP contribution >= 0.6 is 22.9 Å². The van der Waals surface area contributed by atoms with Gasteiger partial charge < -0.3 is 5.32 Å². The Hall–Kier alpha value is -2.58. The topological polar surface area (TPSA) is 54.0 Å². The summed E-state index contributed by atoms with van der Waals surface area (Å²) in [6, 6.07) is 10.9. The van der Waals surface area contributed by atoms with Gasteiger partial charge in [-0.1, -0.05) is 35.9 Å². The number of anilines is 2. The third-order valence-electron chi connectivity index (χ3n) is 3.35. The number of para-hydroxylation sites is 1. The van der Waals surface area contributed by atoms with Crippen molar-refractivity contribution in [3.63, 3.8) is 0 Å². The quantitative estimate of drug-likeness (QED) is 0.558. The van der Waals surface area contributed by atoms with Crippen molar-refractivity contribution in [2.75, 3.05) is 10.6 Å². The SMILES string of the molecule is O=C(Nc1nc(-c2ccc(Cl)cc2)cs1)Nc1ccccc1C(F)(F)F. The molecule has 0 spiro atoms. The van der Waals surface area contributed by atoms with Gasteiger partial charge in [-0.05, 0) is 24.3 Å². The van der Waals surface area contributed by atoms with E-state index in [9.17, 15) is 18.0 Å². The molecule has 0 aliphatic heterocycles. The molecule has 3 rings (SSSR count). The van der Waals surface area contributed by atoms with Crippen LogP contribution in [0.25, 0.3) is 11.3 Å². The van der Waals surface area contributed by atoms with E-state index in [0.29, 0.717) is 10.7 Å². The van der Waals surface area contributed by atoms with Crippen molar-refractivity contribution in [1.82, 2.24) is 4.98 Å². The zero-order chi connectivity index (χ0) is 18.7. The van der Waals surface area contributed by atoms with Crippen molar-refractivity contribution in [2.24, 2.45) is 0 Å². The summed E-state index contributed by atoms with van der Waals surface area (Å²) in [5.41, 5.74) is 0.183. The van der Waals surface area contributed by atoms with Crippen LogP contribution in [0, 0.1) is 0 Å². The summed E-state index contributed by atoms with van der Waals surface area (Å²) < 4.78 is 38.9. The number of amides is 2. The predicted molar refractivity (Wildman–Crippen MR) is 96.6 cm³/mol. The molecule has 2 aromatic carbocycles. The number of alkyl halides is 3. The summed E-state index contributed by atoms with van der Waals surface area (Å²) in [5.74, 6) is 0. The van der Waals surface area contributed by atoms with Crippen LogP contribution in [0.5, 0.6) is 0 Å². The average Bonchev–Trinajstić information content (AvgIpc) is 3.03. The number of nitrogens with one attached hydrogen (secondary N) is 2. The first-order chi connectivity index (χ1) is 12.3. The molecule has 0 saturated heterocycles. The predicted octanol–water partition coefficient (Wildman–Crippen LogP) is 6.13. The van der Waals surface area contributed by atoms with Crippen molar-refractivity contribution >= 4 is 39.8 Å². The van der Waals surface area contributed by atoms with Gasteiger partial charge in [-0.3, -0.25) is 5.32 Å². The fraction of sp³-hybridized carbons (Fsp3) is 0.0588. The molecule has 26 heavy (non-hydrogen) atoms. The van der Waals surface area contributed by atoms with Crippen molar-refractivity contribution < 1.29 is 18.0 Å². The van der Waals surface area contributed by atoms with E-state index in [1.807, 2.05) is 0 Å². The Balaban J connectivity index is 1.71. The molecule has 9 heteroatoms. The highest BCUT2D eigenvalue weighted by Gasteiger charge is 2.33. The lowest BCUT2D eigenvalue weighted by molar-refractivity contribution is -0.136. The Morgan fingerprint density at radius 3 is 2.42 bits per heavy atom. The number of hydrogen-bond donors (Lipinski definition) is 2. The molecule has 4 nitrogen and oxygen atoms in total. The summed E-state index contributed by atoms with van der Waals surface area (Å²) in [6.07, 6.45) is -4.56. The first-order valence-electron chi connectivity index (χ1n) is 7.28. The van der Waals surface area contributed by atoms with Gasteiger partial charge in [0.25, 0.3) is 0 Å². The number of urea groups is 1. The second-order valence-corrected chi connectivity index (χ2v) is 6.46. The highest BCUT2D eigenvalue weighted by Crippen LogP contribution is 2.34. The molecular formula is C17H11ClF3N3OS. The van der Waals surface area contributed by atoms with Gasteiger partial charge in [-0.25, -0.2) is 9.78 Å². The number of thiazole rings is 1. The van der Waals surface area contributed by atoms with Gasteiger partial charge in [-0.2, -0.15) is 13.2 Å². The fourth-order valence-corrected chi connectivity index (χ4v) is 3.02. The Labute approximate surface area is 155 Å². The van der Waals surface area contributed by atoms with Crippen LogP contribution in [0.4, 0.5) is 28.8 Å². The van der Waals surface area contributed by atoms with Crippen molar-refractivity contribution in [2.45, 2.75) is 6.18 Å². The minimum atomic E-state index is -4.56. The Bertz CT molecular complexity index is 926. The minimum absolute atomic E-state index is 0.261. The van der Waals surface area contributed by atoms with Crippen LogP contribution in [0.2, 0.25) is 5.02 Å². The molecule has 2 amide bonds. The number of aromatic nitrogens is 1. The monoisotopic (exact) mass is 397 g/mol. The normalized spacial score (nSPS) is 11.2. The number of benzene rings is 2. The van der Waals surface area contributed by atoms with Crippen LogP contribution in [-0.2, 0) is 6.18 Å². The molecule has 0 fully saturated rings. The molecule has 0 aliphatic rings. The Morgan fingerprint density at radius 1 is 1.04 bits per heavy atom. The average molecular weight is 398 g/mol. The van der Waals surface area contributed by atoms with Gasteiger partial charge in [-0.15, -0.1) is 11.3 Å². The molecule has 1 heterocycles. The molecule has 0 bridgehead atoms. The lowest BCUT2D eigenvalue weighted by Crippen LogP contribution is -2.21. The van der Waals surface area contributed by atoms with Gasteiger partial charge in [0.1, 0.15) is 0 Å². The van der Waals surface area contributed by atoms with Crippen LogP contribution in [0.3, 0.4) is 0 Å². The molecule has 0 aliphatic carbocycles. The zero-order valence-corrected chi connectivity index (χ0v) is 14.5. The maximum Gasteiger partial charge on any atom is 0.418 e. The van der Waals surface area contributed by atoms with E-state index in [1.165, 1.54) is 18.2 Å². The fourth-order valence-electron chi connectivity index (χ4n) is 2.17. The van der Waals surface area contributed by atoms with Crippen molar-refractivity contribution in [1.29, 1.82) is 0 Å². The Morgan fingerprint density at radius 2 is 1.73 bits per heavy atom. The van der Waals surface area contributed by atoms with Crippen molar-refractivity contribution in [3.8, 4) is 11.3 Å². The van der Waals surface area contributed by atoms with E-state index in [1.54, 1.807) is 29.6 Å². The third kappa shape index (κ3) is 4.33. The molecule has 0 unspecified atom stereocenters. The molecule has 3 aromatic rings. The summed E-state index contributed by atoms with van der Waals surface area (Å²) in [5, 5.41) is 7.21. The summed E-state index contributed by atoms with van der Waals surface area (Å²) in [7, 11) is 0. The van der Waals surface area contributed by atoms with Crippen LogP contribution in [0.1, 0.15) is 5.56 Å². The number of nitrogens with zero attached hydrogens (tertiary/aromatic N) is 1. The van der Waals surface area contributed by atoms with Crippen molar-refractivity contribution in [3.05, 3.63) is 64.5 Å². The lowest BCUT2D eigenvalue weighted by atomic mass is 10.1. The second-order valence-electron chi connectivity index (χ2n) is 5.17. The largest absolute Gasteiger partial charge is 0.418 e. The molecule has 2 N–H and O–H groups in total. The van der Waals surface area contributed by atoms with Crippen LogP contribution in [0.15, 0.2) is 53.9 Å². The van der Waals surface area contributed by atoms with E-state index < -0.39 is 17.8 Å². The van der Waals surface area contributed by atoms with E-state index >= 15 is 0 Å². The van der Waals surface area contributed by atoms with Gasteiger partial charge >= 0.3 is 12.2 Å². The minimum Gasteiger partial charge on any atom is -0.307 e. The van der Waals surface area contributed by atoms with Gasteiger partial charge in [0.2, 0.25) is 0 Å². The summed E-state index contributed by atoms with van der Waals surface area (Å²) in [4.78, 5) is 16.3. The second kappa shape index (κ2) is 7.35. The number of rotatable bonds is 3. The maximum atomic E-state index is 13.0. The van der Waals surface area contributed by atoms with Gasteiger partial charge in [0, 0.05) is 16.0 Å². The van der Waals surface area contributed by atoms with Crippen LogP contribution in [-0.4, -0.2) is 11.0 Å². The number of hydrogen-bond acceptors (Lipinski definition) is 3. The van der Waals surface area contributed by atoms with E-state index in [0.717, 1.165) is 23.0 Å². The molecule has 0 atom stereocenters. The van der Waals surface area contributed by atoms with Gasteiger partial charge in [0.05, 0.1) is 16.9 Å². The molecule has 0 radical (unpaired) electrons. The molecular weight excluding hydrogens is 387 g/mol. The Kier molecular flexibility index (Phi) is 5.15. The zero-order valence-electron chi connectivity index (χ0n) is 13.0. The standard InChI is InChI=1S/C17H11ClF3N3OS/c18-11-7-5-10(6-8-11)14-9-26-16(23-14)24-15(25)22-13-4-2-1-3-12(13)17(19,20)21/h1-9H,(H2,22,23,24,25). The maximum absolute atomic E-state index is 13.0. The number of halogens is 4. The molecule has 1 aromatic heterocycles. The lowest BCUT2D eigenvalue weighted by Gasteiger charge is -2.13. The smallest absolute Gasteiger partial charge is 0.307 e.